The zero-order valence-corrected chi connectivity index (χ0v) is 12.2. The van der Waals surface area contributed by atoms with E-state index in [9.17, 15) is 9.90 Å². The summed E-state index contributed by atoms with van der Waals surface area (Å²) in [4.78, 5) is 15.2. The van der Waals surface area contributed by atoms with Gasteiger partial charge in [0.15, 0.2) is 0 Å². The fourth-order valence-corrected chi connectivity index (χ4v) is 2.80. The SMILES string of the molecule is Cc1cc(CN2CC(O)CC2CN(C)C)oc1C(=O)O. The second-order valence-electron chi connectivity index (χ2n) is 5.77. The van der Waals surface area contributed by atoms with Crippen molar-refractivity contribution >= 4 is 5.97 Å². The lowest BCUT2D eigenvalue weighted by molar-refractivity contribution is 0.0656. The second-order valence-corrected chi connectivity index (χ2v) is 5.77. The first-order chi connectivity index (χ1) is 9.36. The molecule has 0 spiro atoms. The predicted molar refractivity (Wildman–Crippen MR) is 73.8 cm³/mol. The maximum Gasteiger partial charge on any atom is 0.372 e. The largest absolute Gasteiger partial charge is 0.475 e. The van der Waals surface area contributed by atoms with Crippen molar-refractivity contribution in [1.82, 2.24) is 9.80 Å². The molecule has 2 atom stereocenters. The third-order valence-corrected chi connectivity index (χ3v) is 3.60. The zero-order chi connectivity index (χ0) is 14.9. The molecule has 1 aromatic heterocycles. The number of likely N-dealkylation sites (tertiary alicyclic amines) is 1. The van der Waals surface area contributed by atoms with Crippen molar-refractivity contribution in [3.8, 4) is 0 Å². The van der Waals surface area contributed by atoms with Crippen molar-refractivity contribution in [2.24, 2.45) is 0 Å². The van der Waals surface area contributed by atoms with E-state index in [4.69, 9.17) is 9.52 Å². The highest BCUT2D eigenvalue weighted by atomic mass is 16.4. The minimum absolute atomic E-state index is 0.00362. The second kappa shape index (κ2) is 5.95. The van der Waals surface area contributed by atoms with Crippen LogP contribution in [0.1, 0.15) is 28.3 Å². The smallest absolute Gasteiger partial charge is 0.372 e. The number of hydrogen-bond acceptors (Lipinski definition) is 5. The topological polar surface area (TPSA) is 77.2 Å². The molecule has 1 aliphatic rings. The van der Waals surface area contributed by atoms with E-state index in [1.807, 2.05) is 14.1 Å². The number of aryl methyl sites for hydroxylation is 1. The first-order valence-electron chi connectivity index (χ1n) is 6.76. The molecule has 2 unspecified atom stereocenters. The standard InChI is InChI=1S/C14H22N2O4/c1-9-4-12(20-13(9)14(18)19)8-16-7-11(17)5-10(16)6-15(2)3/h4,10-11,17H,5-8H2,1-3H3,(H,18,19). The van der Waals surface area contributed by atoms with Crippen molar-refractivity contribution < 1.29 is 19.4 Å². The first-order valence-corrected chi connectivity index (χ1v) is 6.76. The van der Waals surface area contributed by atoms with Gasteiger partial charge in [0.05, 0.1) is 12.6 Å². The summed E-state index contributed by atoms with van der Waals surface area (Å²) in [6.07, 6.45) is 0.416. The Bertz CT molecular complexity index is 484. The molecule has 2 rings (SSSR count). The minimum atomic E-state index is -1.04. The quantitative estimate of drug-likeness (QED) is 0.831. The van der Waals surface area contributed by atoms with Crippen LogP contribution < -0.4 is 0 Å². The predicted octanol–water partition coefficient (Wildman–Crippen LogP) is 0.783. The summed E-state index contributed by atoms with van der Waals surface area (Å²) in [5.74, 6) is -0.401. The number of furan rings is 1. The highest BCUT2D eigenvalue weighted by molar-refractivity contribution is 5.86. The van der Waals surface area contributed by atoms with Gasteiger partial charge in [-0.25, -0.2) is 4.79 Å². The molecule has 0 aromatic carbocycles. The van der Waals surface area contributed by atoms with Crippen molar-refractivity contribution in [1.29, 1.82) is 0 Å². The number of hydrogen-bond donors (Lipinski definition) is 2. The van der Waals surface area contributed by atoms with Crippen LogP contribution in [0.2, 0.25) is 0 Å². The first kappa shape index (κ1) is 15.0. The average molecular weight is 282 g/mol. The van der Waals surface area contributed by atoms with Gasteiger partial charge >= 0.3 is 5.97 Å². The van der Waals surface area contributed by atoms with Gasteiger partial charge in [0.1, 0.15) is 5.76 Å². The summed E-state index contributed by atoms with van der Waals surface area (Å²) in [6.45, 7) is 3.72. The minimum Gasteiger partial charge on any atom is -0.475 e. The number of carboxylic acid groups (broad SMARTS) is 1. The van der Waals surface area contributed by atoms with Gasteiger partial charge in [-0.05, 0) is 33.5 Å². The zero-order valence-electron chi connectivity index (χ0n) is 12.2. The van der Waals surface area contributed by atoms with Gasteiger partial charge in [-0.15, -0.1) is 0 Å². The van der Waals surface area contributed by atoms with Crippen LogP contribution >= 0.6 is 0 Å². The Morgan fingerprint density at radius 2 is 2.25 bits per heavy atom. The molecule has 0 aliphatic carbocycles. The Balaban J connectivity index is 2.07. The van der Waals surface area contributed by atoms with E-state index in [1.54, 1.807) is 13.0 Å². The lowest BCUT2D eigenvalue weighted by Gasteiger charge is -2.25. The molecule has 0 bridgehead atoms. The Labute approximate surface area is 118 Å². The molecule has 2 heterocycles. The summed E-state index contributed by atoms with van der Waals surface area (Å²) in [7, 11) is 4.00. The number of aromatic carboxylic acids is 1. The number of aliphatic hydroxyl groups is 1. The van der Waals surface area contributed by atoms with E-state index in [-0.39, 0.29) is 17.9 Å². The van der Waals surface area contributed by atoms with E-state index in [0.717, 1.165) is 13.0 Å². The van der Waals surface area contributed by atoms with Crippen molar-refractivity contribution in [2.45, 2.75) is 32.0 Å². The molecule has 1 saturated heterocycles. The summed E-state index contributed by atoms with van der Waals surface area (Å²) >= 11 is 0. The van der Waals surface area contributed by atoms with Gasteiger partial charge in [0.2, 0.25) is 5.76 Å². The fraction of sp³-hybridized carbons (Fsp3) is 0.643. The summed E-state index contributed by atoms with van der Waals surface area (Å²) in [5, 5.41) is 18.8. The number of aliphatic hydroxyl groups excluding tert-OH is 1. The van der Waals surface area contributed by atoms with Crippen molar-refractivity contribution in [2.75, 3.05) is 27.2 Å². The summed E-state index contributed by atoms with van der Waals surface area (Å²) in [6, 6.07) is 2.03. The van der Waals surface area contributed by atoms with Gasteiger partial charge in [0.25, 0.3) is 0 Å². The normalized spacial score (nSPS) is 23.6. The van der Waals surface area contributed by atoms with Crippen molar-refractivity contribution in [3.05, 3.63) is 23.2 Å². The van der Waals surface area contributed by atoms with Crippen LogP contribution in [-0.4, -0.2) is 65.3 Å². The number of carbonyl (C=O) groups is 1. The third kappa shape index (κ3) is 3.39. The van der Waals surface area contributed by atoms with Gasteiger partial charge < -0.3 is 19.5 Å². The lowest BCUT2D eigenvalue weighted by atomic mass is 10.2. The molecule has 1 aromatic rings. The number of carboxylic acids is 1. The van der Waals surface area contributed by atoms with Crippen LogP contribution in [0.25, 0.3) is 0 Å². The van der Waals surface area contributed by atoms with E-state index in [2.05, 4.69) is 9.80 Å². The molecule has 6 nitrogen and oxygen atoms in total. The third-order valence-electron chi connectivity index (χ3n) is 3.60. The van der Waals surface area contributed by atoms with Crippen LogP contribution in [0.3, 0.4) is 0 Å². The highest BCUT2D eigenvalue weighted by Crippen LogP contribution is 2.23. The Hall–Kier alpha value is -1.37. The van der Waals surface area contributed by atoms with Crippen LogP contribution in [0, 0.1) is 6.92 Å². The molecule has 20 heavy (non-hydrogen) atoms. The van der Waals surface area contributed by atoms with Crippen LogP contribution in [0.5, 0.6) is 0 Å². The number of rotatable bonds is 5. The van der Waals surface area contributed by atoms with Crippen molar-refractivity contribution in [3.63, 3.8) is 0 Å². The number of nitrogens with zero attached hydrogens (tertiary/aromatic N) is 2. The molecule has 0 saturated carbocycles. The van der Waals surface area contributed by atoms with Crippen LogP contribution in [0.15, 0.2) is 10.5 Å². The van der Waals surface area contributed by atoms with Gasteiger partial charge in [-0.3, -0.25) is 4.90 Å². The van der Waals surface area contributed by atoms with E-state index < -0.39 is 5.97 Å². The highest BCUT2D eigenvalue weighted by Gasteiger charge is 2.32. The Kier molecular flexibility index (Phi) is 4.47. The lowest BCUT2D eigenvalue weighted by Crippen LogP contribution is -2.37. The fourth-order valence-electron chi connectivity index (χ4n) is 2.80. The summed E-state index contributed by atoms with van der Waals surface area (Å²) in [5.41, 5.74) is 0.636. The number of β-amino-alcohol motifs (C(OH)–C–C–N with tert-alkyl or cyclic N) is 1. The van der Waals surface area contributed by atoms with E-state index in [1.165, 1.54) is 0 Å². The van der Waals surface area contributed by atoms with Gasteiger partial charge in [0, 0.05) is 24.7 Å². The Morgan fingerprint density at radius 1 is 1.55 bits per heavy atom. The molecule has 2 N–H and O–H groups in total. The number of likely N-dealkylation sites (N-methyl/N-ethyl adjacent to an activating group) is 1. The van der Waals surface area contributed by atoms with Gasteiger partial charge in [-0.2, -0.15) is 0 Å². The molecule has 1 aliphatic heterocycles. The average Bonchev–Trinajstić information content (AvgIpc) is 2.82. The molecule has 112 valence electrons. The van der Waals surface area contributed by atoms with E-state index in [0.29, 0.717) is 24.4 Å². The van der Waals surface area contributed by atoms with Crippen LogP contribution in [0.4, 0.5) is 0 Å². The summed E-state index contributed by atoms with van der Waals surface area (Å²) < 4.78 is 5.39. The molecular formula is C14H22N2O4. The maximum absolute atomic E-state index is 11.0. The molecule has 0 amide bonds. The molecule has 1 fully saturated rings. The monoisotopic (exact) mass is 282 g/mol. The molecule has 0 radical (unpaired) electrons. The Morgan fingerprint density at radius 3 is 2.80 bits per heavy atom. The maximum atomic E-state index is 11.0. The van der Waals surface area contributed by atoms with Crippen LogP contribution in [-0.2, 0) is 6.54 Å². The van der Waals surface area contributed by atoms with E-state index >= 15 is 0 Å². The molecule has 6 heteroatoms. The molecular weight excluding hydrogens is 260 g/mol. The van der Waals surface area contributed by atoms with Gasteiger partial charge in [-0.1, -0.05) is 0 Å².